The number of aromatic amines is 1. The molecule has 1 amide bonds. The molecule has 1 N–H and O–H groups in total. The van der Waals surface area contributed by atoms with Crippen molar-refractivity contribution in [1.29, 1.82) is 0 Å². The largest absolute Gasteiger partial charge is 0.354 e. The summed E-state index contributed by atoms with van der Waals surface area (Å²) in [7, 11) is 0. The third kappa shape index (κ3) is 1.63. The number of nitrogens with one attached hydrogen (secondary N) is 1. The summed E-state index contributed by atoms with van der Waals surface area (Å²) in [6.45, 7) is 0. The molecule has 1 aromatic heterocycles. The number of nitroso groups, excluding NO2 is 1. The van der Waals surface area contributed by atoms with Crippen molar-refractivity contribution in [2.24, 2.45) is 5.18 Å². The molecule has 5 heteroatoms. The van der Waals surface area contributed by atoms with Gasteiger partial charge in [-0.05, 0) is 24.3 Å². The Morgan fingerprint density at radius 2 is 1.74 bits per heavy atom. The number of nitrogens with zero attached hydrogens (tertiary/aromatic N) is 1. The summed E-state index contributed by atoms with van der Waals surface area (Å²) >= 11 is 0. The molecule has 0 aliphatic rings. The maximum Gasteiger partial charge on any atom is 0.318 e. The van der Waals surface area contributed by atoms with Crippen LogP contribution < -0.4 is 5.43 Å². The van der Waals surface area contributed by atoms with E-state index in [-0.39, 0.29) is 11.0 Å². The van der Waals surface area contributed by atoms with Gasteiger partial charge in [0, 0.05) is 21.5 Å². The van der Waals surface area contributed by atoms with Gasteiger partial charge in [-0.3, -0.25) is 9.59 Å². The molecule has 0 bridgehead atoms. The molecule has 3 aromatic rings. The van der Waals surface area contributed by atoms with Crippen molar-refractivity contribution in [3.8, 4) is 0 Å². The van der Waals surface area contributed by atoms with E-state index in [1.807, 2.05) is 0 Å². The number of hydrogen-bond acceptors (Lipinski definition) is 3. The first-order valence-electron chi connectivity index (χ1n) is 5.64. The summed E-state index contributed by atoms with van der Waals surface area (Å²) in [5.74, 6) is -0.892. The van der Waals surface area contributed by atoms with E-state index < -0.39 is 5.91 Å². The molecule has 2 aromatic carbocycles. The van der Waals surface area contributed by atoms with Crippen LogP contribution in [0.15, 0.2) is 52.4 Å². The second kappa shape index (κ2) is 4.13. The SMILES string of the molecule is O=NC(=O)c1cccc2c(=O)c3ccccc3[nH]c12. The van der Waals surface area contributed by atoms with E-state index in [4.69, 9.17) is 0 Å². The van der Waals surface area contributed by atoms with Gasteiger partial charge in [-0.15, -0.1) is 4.91 Å². The molecule has 0 unspecified atom stereocenters. The van der Waals surface area contributed by atoms with Crippen LogP contribution in [0, 0.1) is 4.91 Å². The number of aromatic nitrogens is 1. The second-order valence-electron chi connectivity index (χ2n) is 4.12. The van der Waals surface area contributed by atoms with Crippen molar-refractivity contribution in [2.45, 2.75) is 0 Å². The van der Waals surface area contributed by atoms with E-state index in [0.29, 0.717) is 21.8 Å². The van der Waals surface area contributed by atoms with Crippen molar-refractivity contribution in [2.75, 3.05) is 0 Å². The zero-order valence-corrected chi connectivity index (χ0v) is 9.71. The summed E-state index contributed by atoms with van der Waals surface area (Å²) in [6, 6.07) is 11.6. The van der Waals surface area contributed by atoms with Crippen LogP contribution in [0.5, 0.6) is 0 Å². The standard InChI is InChI=1S/C14H8N2O3/c17-13-8-4-1-2-7-11(8)15-12-9(13)5-3-6-10(12)14(18)16-19/h1-7H,(H,15,17). The molecular formula is C14H8N2O3. The summed E-state index contributed by atoms with van der Waals surface area (Å²) in [5.41, 5.74) is 0.891. The van der Waals surface area contributed by atoms with Gasteiger partial charge in [0.2, 0.25) is 0 Å². The lowest BCUT2D eigenvalue weighted by Crippen LogP contribution is -2.07. The summed E-state index contributed by atoms with van der Waals surface area (Å²) in [4.78, 5) is 37.2. The van der Waals surface area contributed by atoms with Gasteiger partial charge in [-0.25, -0.2) is 0 Å². The van der Waals surface area contributed by atoms with Crippen LogP contribution in [0.25, 0.3) is 21.8 Å². The minimum Gasteiger partial charge on any atom is -0.354 e. The Morgan fingerprint density at radius 3 is 2.53 bits per heavy atom. The molecule has 0 aliphatic carbocycles. The first-order valence-corrected chi connectivity index (χ1v) is 5.64. The molecule has 0 atom stereocenters. The first-order chi connectivity index (χ1) is 9.22. The highest BCUT2D eigenvalue weighted by atomic mass is 16.3. The molecule has 0 saturated heterocycles. The Bertz CT molecular complexity index is 881. The number of hydrogen-bond donors (Lipinski definition) is 1. The molecule has 0 saturated carbocycles. The lowest BCUT2D eigenvalue weighted by atomic mass is 10.1. The molecule has 3 rings (SSSR count). The fraction of sp³-hybridized carbons (Fsp3) is 0. The van der Waals surface area contributed by atoms with E-state index >= 15 is 0 Å². The van der Waals surface area contributed by atoms with Gasteiger partial charge >= 0.3 is 5.91 Å². The number of rotatable bonds is 1. The molecule has 1 heterocycles. The predicted octanol–water partition coefficient (Wildman–Crippen LogP) is 2.59. The molecule has 0 fully saturated rings. The van der Waals surface area contributed by atoms with Gasteiger partial charge in [-0.1, -0.05) is 18.2 Å². The minimum absolute atomic E-state index is 0.107. The highest BCUT2D eigenvalue weighted by Gasteiger charge is 2.13. The molecule has 0 spiro atoms. The van der Waals surface area contributed by atoms with E-state index in [1.54, 1.807) is 36.4 Å². The van der Waals surface area contributed by atoms with Crippen LogP contribution in [0.2, 0.25) is 0 Å². The monoisotopic (exact) mass is 252 g/mol. The molecule has 19 heavy (non-hydrogen) atoms. The number of pyridine rings is 1. The third-order valence-electron chi connectivity index (χ3n) is 3.05. The van der Waals surface area contributed by atoms with Crippen LogP contribution in [0.4, 0.5) is 0 Å². The molecule has 0 radical (unpaired) electrons. The van der Waals surface area contributed by atoms with Gasteiger partial charge in [0.1, 0.15) is 0 Å². The summed E-state index contributed by atoms with van der Waals surface area (Å²) in [5, 5.41) is 3.32. The Balaban J connectivity index is 2.55. The number of carbonyl (C=O) groups is 1. The number of amides is 1. The highest BCUT2D eigenvalue weighted by Crippen LogP contribution is 2.18. The molecule has 0 aliphatic heterocycles. The van der Waals surface area contributed by atoms with Crippen molar-refractivity contribution in [3.05, 3.63) is 63.2 Å². The lowest BCUT2D eigenvalue weighted by Gasteiger charge is -2.04. The number of para-hydroxylation sites is 2. The Morgan fingerprint density at radius 1 is 1.00 bits per heavy atom. The average molecular weight is 252 g/mol. The Hall–Kier alpha value is -2.82. The number of benzene rings is 2. The van der Waals surface area contributed by atoms with Gasteiger partial charge in [0.05, 0.1) is 11.1 Å². The topological polar surface area (TPSA) is 79.4 Å². The van der Waals surface area contributed by atoms with E-state index in [0.717, 1.165) is 0 Å². The Labute approximate surface area is 106 Å². The lowest BCUT2D eigenvalue weighted by molar-refractivity contribution is 0.100. The fourth-order valence-corrected chi connectivity index (χ4v) is 2.17. The van der Waals surface area contributed by atoms with Crippen LogP contribution in [0.3, 0.4) is 0 Å². The van der Waals surface area contributed by atoms with Crippen LogP contribution in [0.1, 0.15) is 10.4 Å². The molecular weight excluding hydrogens is 244 g/mol. The number of H-pyrrole nitrogens is 1. The third-order valence-corrected chi connectivity index (χ3v) is 3.05. The number of carbonyl (C=O) groups excluding carboxylic acids is 1. The zero-order chi connectivity index (χ0) is 13.4. The maximum atomic E-state index is 12.3. The zero-order valence-electron chi connectivity index (χ0n) is 9.71. The molecule has 92 valence electrons. The van der Waals surface area contributed by atoms with Crippen molar-refractivity contribution >= 4 is 27.7 Å². The van der Waals surface area contributed by atoms with Crippen molar-refractivity contribution < 1.29 is 4.79 Å². The average Bonchev–Trinajstić information content (AvgIpc) is 2.46. The number of fused-ring (bicyclic) bond motifs is 2. The maximum absolute atomic E-state index is 12.3. The van der Waals surface area contributed by atoms with Gasteiger partial charge in [0.15, 0.2) is 5.43 Å². The van der Waals surface area contributed by atoms with Gasteiger partial charge in [0.25, 0.3) is 0 Å². The molecule has 5 nitrogen and oxygen atoms in total. The van der Waals surface area contributed by atoms with Gasteiger partial charge < -0.3 is 4.98 Å². The Kier molecular flexibility index (Phi) is 2.45. The van der Waals surface area contributed by atoms with Crippen LogP contribution in [-0.4, -0.2) is 10.9 Å². The van der Waals surface area contributed by atoms with Crippen LogP contribution in [-0.2, 0) is 0 Å². The summed E-state index contributed by atoms with van der Waals surface area (Å²) < 4.78 is 0. The summed E-state index contributed by atoms with van der Waals surface area (Å²) in [6.07, 6.45) is 0. The predicted molar refractivity (Wildman–Crippen MR) is 72.2 cm³/mol. The van der Waals surface area contributed by atoms with E-state index in [2.05, 4.69) is 10.2 Å². The smallest absolute Gasteiger partial charge is 0.318 e. The quantitative estimate of drug-likeness (QED) is 0.534. The van der Waals surface area contributed by atoms with Gasteiger partial charge in [-0.2, -0.15) is 0 Å². The second-order valence-corrected chi connectivity index (χ2v) is 4.12. The van der Waals surface area contributed by atoms with Crippen molar-refractivity contribution in [3.63, 3.8) is 0 Å². The fourth-order valence-electron chi connectivity index (χ4n) is 2.17. The van der Waals surface area contributed by atoms with Crippen molar-refractivity contribution in [1.82, 2.24) is 4.98 Å². The highest BCUT2D eigenvalue weighted by molar-refractivity contribution is 6.07. The first kappa shape index (κ1) is 11.3. The normalized spacial score (nSPS) is 10.7. The minimum atomic E-state index is -0.892. The van der Waals surface area contributed by atoms with Crippen LogP contribution >= 0.6 is 0 Å². The van der Waals surface area contributed by atoms with E-state index in [1.165, 1.54) is 6.07 Å². The van der Waals surface area contributed by atoms with E-state index in [9.17, 15) is 14.5 Å².